The van der Waals surface area contributed by atoms with Crippen LogP contribution in [0.25, 0.3) is 0 Å². The zero-order chi connectivity index (χ0) is 11.4. The van der Waals surface area contributed by atoms with Crippen molar-refractivity contribution in [3.8, 4) is 0 Å². The second-order valence-electron chi connectivity index (χ2n) is 4.10. The molecule has 0 saturated carbocycles. The van der Waals surface area contributed by atoms with E-state index in [1.807, 2.05) is 6.07 Å². The maximum Gasteiger partial charge on any atom is 0.125 e. The maximum absolute atomic E-state index is 13.1. The van der Waals surface area contributed by atoms with E-state index in [9.17, 15) is 4.39 Å². The molecule has 1 aliphatic heterocycles. The molecule has 16 heavy (non-hydrogen) atoms. The molecule has 0 unspecified atom stereocenters. The van der Waals surface area contributed by atoms with E-state index in [0.29, 0.717) is 6.54 Å². The highest BCUT2D eigenvalue weighted by Gasteiger charge is 2.16. The molecule has 0 aliphatic carbocycles. The highest BCUT2D eigenvalue weighted by molar-refractivity contribution is 5.46. The molecule has 2 N–H and O–H groups in total. The van der Waals surface area contributed by atoms with Gasteiger partial charge in [-0.25, -0.2) is 4.39 Å². The van der Waals surface area contributed by atoms with Crippen molar-refractivity contribution in [2.45, 2.75) is 0 Å². The second kappa shape index (κ2) is 5.27. The first kappa shape index (κ1) is 11.4. The van der Waals surface area contributed by atoms with Crippen molar-refractivity contribution in [2.75, 3.05) is 44.2 Å². The van der Waals surface area contributed by atoms with Crippen LogP contribution in [0.5, 0.6) is 0 Å². The molecule has 1 aliphatic rings. The summed E-state index contributed by atoms with van der Waals surface area (Å²) in [6, 6.07) is 6.80. The lowest BCUT2D eigenvalue weighted by Crippen LogP contribution is -2.47. The Morgan fingerprint density at radius 2 is 1.94 bits per heavy atom. The van der Waals surface area contributed by atoms with Gasteiger partial charge in [-0.3, -0.25) is 4.90 Å². The highest BCUT2D eigenvalue weighted by atomic mass is 19.1. The van der Waals surface area contributed by atoms with Crippen LogP contribution in [0.1, 0.15) is 0 Å². The molecule has 1 aromatic carbocycles. The number of rotatable bonds is 3. The first-order valence-corrected chi connectivity index (χ1v) is 5.72. The van der Waals surface area contributed by atoms with Gasteiger partial charge < -0.3 is 10.6 Å². The van der Waals surface area contributed by atoms with Crippen LogP contribution in [0.2, 0.25) is 0 Å². The van der Waals surface area contributed by atoms with E-state index in [1.54, 1.807) is 12.1 Å². The van der Waals surface area contributed by atoms with Gasteiger partial charge in [-0.05, 0) is 18.2 Å². The fourth-order valence-corrected chi connectivity index (χ4v) is 2.09. The Labute approximate surface area is 95.6 Å². The molecule has 4 heteroatoms. The Balaban J connectivity index is 1.94. The number of hydrogen-bond donors (Lipinski definition) is 1. The minimum absolute atomic E-state index is 0.165. The number of benzene rings is 1. The minimum Gasteiger partial charge on any atom is -0.369 e. The van der Waals surface area contributed by atoms with Crippen LogP contribution in [-0.4, -0.2) is 44.2 Å². The van der Waals surface area contributed by atoms with Gasteiger partial charge in [-0.2, -0.15) is 0 Å². The molecule has 1 fully saturated rings. The zero-order valence-electron chi connectivity index (χ0n) is 9.40. The molecule has 1 saturated heterocycles. The molecule has 0 atom stereocenters. The average molecular weight is 223 g/mol. The Morgan fingerprint density at radius 3 is 2.56 bits per heavy atom. The van der Waals surface area contributed by atoms with Crippen LogP contribution in [0.4, 0.5) is 10.1 Å². The van der Waals surface area contributed by atoms with Crippen LogP contribution in [0.15, 0.2) is 24.3 Å². The fourth-order valence-electron chi connectivity index (χ4n) is 2.09. The fraction of sp³-hybridized carbons (Fsp3) is 0.500. The summed E-state index contributed by atoms with van der Waals surface area (Å²) in [6.45, 7) is 5.57. The van der Waals surface area contributed by atoms with Crippen LogP contribution in [0, 0.1) is 5.82 Å². The largest absolute Gasteiger partial charge is 0.369 e. The normalized spacial score (nSPS) is 17.8. The van der Waals surface area contributed by atoms with Gasteiger partial charge in [0.25, 0.3) is 0 Å². The van der Waals surface area contributed by atoms with E-state index in [4.69, 9.17) is 5.73 Å². The molecule has 0 radical (unpaired) electrons. The second-order valence-corrected chi connectivity index (χ2v) is 4.10. The Hall–Kier alpha value is -1.13. The summed E-state index contributed by atoms with van der Waals surface area (Å²) < 4.78 is 13.1. The summed E-state index contributed by atoms with van der Waals surface area (Å²) in [7, 11) is 0. The highest BCUT2D eigenvalue weighted by Crippen LogP contribution is 2.17. The third kappa shape index (κ3) is 2.71. The zero-order valence-corrected chi connectivity index (χ0v) is 9.40. The van der Waals surface area contributed by atoms with Crippen molar-refractivity contribution >= 4 is 5.69 Å². The molecule has 3 nitrogen and oxygen atoms in total. The van der Waals surface area contributed by atoms with Crippen LogP contribution < -0.4 is 10.6 Å². The predicted octanol–water partition coefficient (Wildman–Crippen LogP) is 0.906. The van der Waals surface area contributed by atoms with Crippen molar-refractivity contribution in [3.05, 3.63) is 30.1 Å². The van der Waals surface area contributed by atoms with Crippen LogP contribution in [-0.2, 0) is 0 Å². The number of nitrogens with two attached hydrogens (primary N) is 1. The van der Waals surface area contributed by atoms with E-state index in [-0.39, 0.29) is 5.82 Å². The van der Waals surface area contributed by atoms with E-state index in [1.165, 1.54) is 6.07 Å². The molecule has 1 heterocycles. The molecule has 0 spiro atoms. The van der Waals surface area contributed by atoms with Gasteiger partial charge in [0.1, 0.15) is 5.82 Å². The maximum atomic E-state index is 13.1. The average Bonchev–Trinajstić information content (AvgIpc) is 2.30. The van der Waals surface area contributed by atoms with E-state index in [2.05, 4.69) is 9.80 Å². The summed E-state index contributed by atoms with van der Waals surface area (Å²) in [5.41, 5.74) is 6.50. The quantitative estimate of drug-likeness (QED) is 0.826. The molecule has 0 amide bonds. The monoisotopic (exact) mass is 223 g/mol. The van der Waals surface area contributed by atoms with Crippen molar-refractivity contribution in [3.63, 3.8) is 0 Å². The predicted molar refractivity (Wildman–Crippen MR) is 64.1 cm³/mol. The van der Waals surface area contributed by atoms with Gasteiger partial charge in [0.15, 0.2) is 0 Å². The summed E-state index contributed by atoms with van der Waals surface area (Å²) in [5.74, 6) is -0.165. The lowest BCUT2D eigenvalue weighted by molar-refractivity contribution is 0.265. The lowest BCUT2D eigenvalue weighted by Gasteiger charge is -2.35. The van der Waals surface area contributed by atoms with E-state index >= 15 is 0 Å². The Bertz CT molecular complexity index is 335. The SMILES string of the molecule is NCCN1CCN(c2cccc(F)c2)CC1. The number of halogens is 1. The van der Waals surface area contributed by atoms with Crippen molar-refractivity contribution in [1.82, 2.24) is 4.90 Å². The Kier molecular flexibility index (Phi) is 3.74. The minimum atomic E-state index is -0.165. The molecule has 2 rings (SSSR count). The van der Waals surface area contributed by atoms with Gasteiger partial charge in [-0.15, -0.1) is 0 Å². The number of anilines is 1. The molecular formula is C12H18FN3. The van der Waals surface area contributed by atoms with Gasteiger partial charge >= 0.3 is 0 Å². The van der Waals surface area contributed by atoms with E-state index in [0.717, 1.165) is 38.4 Å². The van der Waals surface area contributed by atoms with Gasteiger partial charge in [0.05, 0.1) is 0 Å². The molecule has 0 aromatic heterocycles. The van der Waals surface area contributed by atoms with Crippen molar-refractivity contribution < 1.29 is 4.39 Å². The van der Waals surface area contributed by atoms with Gasteiger partial charge in [0.2, 0.25) is 0 Å². The third-order valence-electron chi connectivity index (χ3n) is 2.99. The summed E-state index contributed by atoms with van der Waals surface area (Å²) in [4.78, 5) is 4.56. The van der Waals surface area contributed by atoms with Gasteiger partial charge in [0, 0.05) is 45.0 Å². The van der Waals surface area contributed by atoms with Gasteiger partial charge in [-0.1, -0.05) is 6.07 Å². The first-order valence-electron chi connectivity index (χ1n) is 5.72. The topological polar surface area (TPSA) is 32.5 Å². The summed E-state index contributed by atoms with van der Waals surface area (Å²) in [6.07, 6.45) is 0. The third-order valence-corrected chi connectivity index (χ3v) is 2.99. The molecular weight excluding hydrogens is 205 g/mol. The van der Waals surface area contributed by atoms with Crippen LogP contribution in [0.3, 0.4) is 0 Å². The molecule has 88 valence electrons. The first-order chi connectivity index (χ1) is 7.79. The molecule has 1 aromatic rings. The molecule has 0 bridgehead atoms. The smallest absolute Gasteiger partial charge is 0.125 e. The summed E-state index contributed by atoms with van der Waals surface area (Å²) in [5, 5.41) is 0. The standard InChI is InChI=1S/C12H18FN3/c13-11-2-1-3-12(10-11)16-8-6-15(5-4-14)7-9-16/h1-3,10H,4-9,14H2. The summed E-state index contributed by atoms with van der Waals surface area (Å²) >= 11 is 0. The Morgan fingerprint density at radius 1 is 1.19 bits per heavy atom. The lowest BCUT2D eigenvalue weighted by atomic mass is 10.2. The number of nitrogens with zero attached hydrogens (tertiary/aromatic N) is 2. The number of hydrogen-bond acceptors (Lipinski definition) is 3. The number of piperazine rings is 1. The van der Waals surface area contributed by atoms with Crippen molar-refractivity contribution in [1.29, 1.82) is 0 Å². The van der Waals surface area contributed by atoms with E-state index < -0.39 is 0 Å². The van der Waals surface area contributed by atoms with Crippen molar-refractivity contribution in [2.24, 2.45) is 5.73 Å². The van der Waals surface area contributed by atoms with Crippen LogP contribution >= 0.6 is 0 Å².